The van der Waals surface area contributed by atoms with Crippen molar-refractivity contribution in [2.75, 3.05) is 0 Å². The van der Waals surface area contributed by atoms with Crippen molar-refractivity contribution in [1.29, 1.82) is 0 Å². The summed E-state index contributed by atoms with van der Waals surface area (Å²) in [5, 5.41) is 10.0. The molecule has 0 N–H and O–H groups in total. The minimum Gasteiger partial charge on any atom is -0.309 e. The molecule has 580 valence electrons. The Balaban J connectivity index is 0.000000143. The summed E-state index contributed by atoms with van der Waals surface area (Å²) in [6.07, 6.45) is 0. The Morgan fingerprint density at radius 1 is 0.153 bits per heavy atom. The smallest absolute Gasteiger partial charge is 0.164 e. The molecule has 0 bridgehead atoms. The molecule has 0 spiro atoms. The molecule has 0 atom stereocenters. The van der Waals surface area contributed by atoms with Crippen LogP contribution in [-0.2, 0) is 0 Å². The first-order valence-corrected chi connectivity index (χ1v) is 43.3. The highest BCUT2D eigenvalue weighted by molar-refractivity contribution is 7.26. The van der Waals surface area contributed by atoms with E-state index in [2.05, 4.69) is 373 Å². The second kappa shape index (κ2) is 31.3. The van der Waals surface area contributed by atoms with Crippen molar-refractivity contribution in [3.63, 3.8) is 0 Å². The fourth-order valence-electron chi connectivity index (χ4n) is 17.8. The van der Waals surface area contributed by atoms with E-state index >= 15 is 0 Å². The van der Waals surface area contributed by atoms with Gasteiger partial charge < -0.3 is 9.13 Å². The van der Waals surface area contributed by atoms with Crippen molar-refractivity contribution in [1.82, 2.24) is 39.0 Å². The molecular formula is C114H72N8S2. The molecule has 0 unspecified atom stereocenters. The van der Waals surface area contributed by atoms with Crippen LogP contribution in [-0.4, -0.2) is 39.0 Å². The van der Waals surface area contributed by atoms with E-state index in [4.69, 9.17) is 29.9 Å². The van der Waals surface area contributed by atoms with Crippen LogP contribution in [0, 0.1) is 0 Å². The van der Waals surface area contributed by atoms with Crippen LogP contribution in [0.2, 0.25) is 0 Å². The van der Waals surface area contributed by atoms with Gasteiger partial charge in [-0.05, 0) is 146 Å². The number of hydrogen-bond acceptors (Lipinski definition) is 8. The Kier molecular flexibility index (Phi) is 18.5. The fourth-order valence-corrected chi connectivity index (χ4v) is 20.3. The standard InChI is InChI=1S/2C57H36N4S/c1-4-16-37(17-5-1)40-22-14-23-41(34-40)50-36-43(31-33-49(50)57-59-55(38-18-6-2-7-19-38)58-56(60-57)39-20-8-3-9-21-39)61-51-28-12-10-24-45(51)46-32-30-42(35-52(46)61)44-26-15-27-48-47-25-11-13-29-53(47)62-54(44)48;1-4-15-37(16-5-1)38-27-29-39(30-28-38)50-36-43(32-34-49(50)57-59-55(40-17-6-2-7-18-40)58-56(60-57)41-19-8-3-9-20-41)61-51-25-12-10-21-45(51)46-33-31-42(35-52(46)61)44-23-14-24-48-47-22-11-13-26-53(47)62-54(44)48/h2*1-36H. The Morgan fingerprint density at radius 3 is 0.871 bits per heavy atom. The van der Waals surface area contributed by atoms with Crippen LogP contribution in [0.15, 0.2) is 437 Å². The second-order valence-electron chi connectivity index (χ2n) is 31.2. The van der Waals surface area contributed by atoms with Crippen LogP contribution >= 0.6 is 22.7 Å². The first kappa shape index (κ1) is 73.2. The van der Waals surface area contributed by atoms with Gasteiger partial charge in [-0.15, -0.1) is 22.7 Å². The zero-order chi connectivity index (χ0) is 82.0. The molecule has 6 aromatic heterocycles. The molecule has 124 heavy (non-hydrogen) atoms. The van der Waals surface area contributed by atoms with Gasteiger partial charge in [0.25, 0.3) is 0 Å². The van der Waals surface area contributed by atoms with Crippen LogP contribution < -0.4 is 0 Å². The lowest BCUT2D eigenvalue weighted by Gasteiger charge is -2.16. The summed E-state index contributed by atoms with van der Waals surface area (Å²) in [7, 11) is 0. The van der Waals surface area contributed by atoms with Gasteiger partial charge in [0, 0.05) is 107 Å². The van der Waals surface area contributed by atoms with E-state index in [1.54, 1.807) is 0 Å². The number of nitrogens with zero attached hydrogens (tertiary/aromatic N) is 8. The third kappa shape index (κ3) is 13.3. The maximum atomic E-state index is 5.22. The summed E-state index contributed by atoms with van der Waals surface area (Å²) in [6.45, 7) is 0. The molecule has 6 heterocycles. The summed E-state index contributed by atoms with van der Waals surface area (Å²) < 4.78 is 10.1. The molecular weight excluding hydrogens is 1550 g/mol. The topological polar surface area (TPSA) is 87.2 Å². The van der Waals surface area contributed by atoms with Crippen molar-refractivity contribution < 1.29 is 0 Å². The first-order valence-electron chi connectivity index (χ1n) is 41.7. The number of aromatic nitrogens is 8. The van der Waals surface area contributed by atoms with Gasteiger partial charge in [0.05, 0.1) is 22.1 Å². The van der Waals surface area contributed by atoms with E-state index in [0.29, 0.717) is 34.9 Å². The SMILES string of the molecule is c1ccc(-c2ccc(-c3cc(-n4c5ccccc5c5ccc(-c6cccc7c6sc6ccccc67)cc54)ccc3-c3nc(-c4ccccc4)nc(-c4ccccc4)n3)cc2)cc1.c1ccc(-c2cccc(-c3cc(-n4c5ccccc5c5ccc(-c6cccc7c6sc6ccccc67)cc54)ccc3-c3nc(-c4ccccc4)nc(-c4ccccc4)n3)c2)cc1. The monoisotopic (exact) mass is 1620 g/mol. The van der Waals surface area contributed by atoms with Crippen molar-refractivity contribution in [2.24, 2.45) is 0 Å². The summed E-state index contributed by atoms with van der Waals surface area (Å²) in [4.78, 5) is 30.9. The Bertz CT molecular complexity index is 8090. The van der Waals surface area contributed by atoms with Crippen LogP contribution in [0.5, 0.6) is 0 Å². The quantitative estimate of drug-likeness (QED) is 0.108. The van der Waals surface area contributed by atoms with Crippen molar-refractivity contribution in [3.05, 3.63) is 437 Å². The summed E-state index contributed by atoms with van der Waals surface area (Å²) >= 11 is 3.74. The predicted octanol–water partition coefficient (Wildman–Crippen LogP) is 30.7. The zero-order valence-corrected chi connectivity index (χ0v) is 68.6. The van der Waals surface area contributed by atoms with Crippen LogP contribution in [0.4, 0.5) is 0 Å². The fraction of sp³-hybridized carbons (Fsp3) is 0. The molecule has 0 aliphatic rings. The number of thiophene rings is 2. The average Bonchev–Trinajstić information content (AvgIpc) is 1.63. The van der Waals surface area contributed by atoms with E-state index in [-0.39, 0.29) is 0 Å². The molecule has 10 heteroatoms. The lowest BCUT2D eigenvalue weighted by Crippen LogP contribution is -2.02. The van der Waals surface area contributed by atoms with Crippen molar-refractivity contribution in [3.8, 4) is 146 Å². The van der Waals surface area contributed by atoms with Crippen molar-refractivity contribution in [2.45, 2.75) is 0 Å². The Hall–Kier alpha value is -16.0. The zero-order valence-electron chi connectivity index (χ0n) is 67.0. The van der Waals surface area contributed by atoms with Gasteiger partial charge in [0.1, 0.15) is 0 Å². The maximum Gasteiger partial charge on any atom is 0.164 e. The summed E-state index contributed by atoms with van der Waals surface area (Å²) in [5.41, 5.74) is 26.0. The van der Waals surface area contributed by atoms with Crippen LogP contribution in [0.1, 0.15) is 0 Å². The van der Waals surface area contributed by atoms with Crippen molar-refractivity contribution >= 4 is 107 Å². The highest BCUT2D eigenvalue weighted by atomic mass is 32.1. The molecule has 8 nitrogen and oxygen atoms in total. The molecule has 0 saturated carbocycles. The Morgan fingerprint density at radius 2 is 0.444 bits per heavy atom. The summed E-state index contributed by atoms with van der Waals surface area (Å²) in [5.74, 6) is 3.76. The molecule has 0 radical (unpaired) electrons. The summed E-state index contributed by atoms with van der Waals surface area (Å²) in [6, 6.07) is 155. The second-order valence-corrected chi connectivity index (χ2v) is 33.3. The van der Waals surface area contributed by atoms with Gasteiger partial charge in [0.15, 0.2) is 34.9 Å². The number of rotatable bonds is 14. The number of fused-ring (bicyclic) bond motifs is 12. The Labute approximate surface area is 723 Å². The molecule has 0 aliphatic heterocycles. The van der Waals surface area contributed by atoms with E-state index in [1.165, 1.54) is 89.7 Å². The lowest BCUT2D eigenvalue weighted by atomic mass is 9.94. The molecule has 24 aromatic rings. The van der Waals surface area contributed by atoms with Crippen LogP contribution in [0.3, 0.4) is 0 Å². The van der Waals surface area contributed by atoms with Gasteiger partial charge in [-0.3, -0.25) is 0 Å². The maximum absolute atomic E-state index is 5.22. The molecule has 18 aromatic carbocycles. The first-order chi connectivity index (χ1) is 61.5. The van der Waals surface area contributed by atoms with Crippen LogP contribution in [0.25, 0.3) is 230 Å². The van der Waals surface area contributed by atoms with E-state index in [1.807, 2.05) is 95.5 Å². The minimum atomic E-state index is 0.616. The number of para-hydroxylation sites is 2. The predicted molar refractivity (Wildman–Crippen MR) is 519 cm³/mol. The molecule has 0 amide bonds. The number of benzene rings is 18. The largest absolute Gasteiger partial charge is 0.309 e. The van der Waals surface area contributed by atoms with E-state index in [9.17, 15) is 0 Å². The van der Waals surface area contributed by atoms with Gasteiger partial charge in [-0.25, -0.2) is 29.9 Å². The third-order valence-corrected chi connectivity index (χ3v) is 26.2. The highest BCUT2D eigenvalue weighted by Gasteiger charge is 2.25. The highest BCUT2D eigenvalue weighted by Crippen LogP contribution is 2.47. The third-order valence-electron chi connectivity index (χ3n) is 23.8. The molecule has 0 fully saturated rings. The van der Waals surface area contributed by atoms with Gasteiger partial charge in [0.2, 0.25) is 0 Å². The van der Waals surface area contributed by atoms with Gasteiger partial charge in [-0.1, -0.05) is 358 Å². The van der Waals surface area contributed by atoms with E-state index < -0.39 is 0 Å². The molecule has 0 aliphatic carbocycles. The average molecular weight is 1620 g/mol. The lowest BCUT2D eigenvalue weighted by molar-refractivity contribution is 1.07. The molecule has 0 saturated heterocycles. The minimum absolute atomic E-state index is 0.616. The van der Waals surface area contributed by atoms with Gasteiger partial charge >= 0.3 is 0 Å². The normalized spacial score (nSPS) is 11.5. The molecule has 24 rings (SSSR count). The number of hydrogen-bond donors (Lipinski definition) is 0. The van der Waals surface area contributed by atoms with Gasteiger partial charge in [-0.2, -0.15) is 0 Å². The van der Waals surface area contributed by atoms with E-state index in [0.717, 1.165) is 106 Å².